The van der Waals surface area contributed by atoms with Crippen molar-refractivity contribution in [2.75, 3.05) is 0 Å². The van der Waals surface area contributed by atoms with Crippen LogP contribution in [0.3, 0.4) is 0 Å². The fourth-order valence-electron chi connectivity index (χ4n) is 0.687. The van der Waals surface area contributed by atoms with Crippen LogP contribution in [0.25, 0.3) is 0 Å². The van der Waals surface area contributed by atoms with E-state index in [-0.39, 0.29) is 6.08 Å². The lowest BCUT2D eigenvalue weighted by Crippen LogP contribution is -2.23. The van der Waals surface area contributed by atoms with Crippen molar-refractivity contribution in [1.82, 2.24) is 0 Å². The molecule has 0 heterocycles. The maximum Gasteiger partial charge on any atom is 0.454 e. The van der Waals surface area contributed by atoms with Gasteiger partial charge in [0.2, 0.25) is 0 Å². The van der Waals surface area contributed by atoms with Crippen LogP contribution >= 0.6 is 0 Å². The van der Waals surface area contributed by atoms with E-state index in [1.165, 1.54) is 0 Å². The summed E-state index contributed by atoms with van der Waals surface area (Å²) in [6.45, 7) is 3.46. The molecular formula is C9H7F5O. The third kappa shape index (κ3) is 5.09. The van der Waals surface area contributed by atoms with E-state index in [9.17, 15) is 26.7 Å². The lowest BCUT2D eigenvalue weighted by atomic mass is 10.1. The highest BCUT2D eigenvalue weighted by atomic mass is 19.4. The van der Waals surface area contributed by atoms with Gasteiger partial charge in [-0.1, -0.05) is 6.58 Å². The zero-order valence-electron chi connectivity index (χ0n) is 7.66. The molecule has 1 nitrogen and oxygen atoms in total. The number of hydrogen-bond acceptors (Lipinski definition) is 1. The number of carbonyl (C=O) groups excluding carboxylic acids is 1. The van der Waals surface area contributed by atoms with Crippen LogP contribution < -0.4 is 0 Å². The predicted molar refractivity (Wildman–Crippen MR) is 44.3 cm³/mol. The average Bonchev–Trinajstić information content (AvgIpc) is 1.99. The highest BCUT2D eigenvalue weighted by molar-refractivity contribution is 5.99. The quantitative estimate of drug-likeness (QED) is 0.409. The molecule has 0 rings (SSSR count). The fraction of sp³-hybridized carbons (Fsp3) is 0.222. The smallest absolute Gasteiger partial charge is 0.284 e. The molecule has 0 saturated heterocycles. The number of allylic oxidation sites excluding steroid dienone is 5. The van der Waals surface area contributed by atoms with E-state index >= 15 is 0 Å². The maximum absolute atomic E-state index is 12.6. The van der Waals surface area contributed by atoms with Gasteiger partial charge in [-0.2, -0.15) is 13.2 Å². The normalized spacial score (nSPS) is 14.0. The molecule has 0 unspecified atom stereocenters. The van der Waals surface area contributed by atoms with E-state index in [0.717, 1.165) is 6.92 Å². The number of alkyl halides is 3. The number of carbonyl (C=O) groups is 1. The molecule has 0 amide bonds. The summed E-state index contributed by atoms with van der Waals surface area (Å²) in [7, 11) is 0. The van der Waals surface area contributed by atoms with Crippen molar-refractivity contribution in [3.8, 4) is 0 Å². The van der Waals surface area contributed by atoms with Gasteiger partial charge in [0.05, 0.1) is 0 Å². The number of halogens is 5. The molecule has 6 heteroatoms. The molecule has 0 saturated carbocycles. The zero-order valence-corrected chi connectivity index (χ0v) is 7.66. The first-order valence-electron chi connectivity index (χ1n) is 3.66. The molecule has 0 fully saturated rings. The summed E-state index contributed by atoms with van der Waals surface area (Å²) >= 11 is 0. The summed E-state index contributed by atoms with van der Waals surface area (Å²) in [6.07, 6.45) is -4.50. The third-order valence-electron chi connectivity index (χ3n) is 1.26. The number of rotatable bonds is 3. The Kier molecular flexibility index (Phi) is 4.39. The van der Waals surface area contributed by atoms with Gasteiger partial charge in [0.1, 0.15) is 11.7 Å². The molecule has 0 radical (unpaired) electrons. The van der Waals surface area contributed by atoms with Crippen LogP contribution in [-0.4, -0.2) is 12.0 Å². The predicted octanol–water partition coefficient (Wildman–Crippen LogP) is 3.40. The van der Waals surface area contributed by atoms with Gasteiger partial charge in [-0.05, 0) is 13.0 Å². The minimum absolute atomic E-state index is 0.271. The standard InChI is InChI=1S/C9H7F5O/c1-5(8(15)9(12,13)14)3-7(11)4-6(2)10/h3-4H,2H2,1H3/b5-3+,7-4+. The first-order chi connectivity index (χ1) is 6.64. The lowest BCUT2D eigenvalue weighted by molar-refractivity contribution is -0.166. The second-order valence-electron chi connectivity index (χ2n) is 2.63. The van der Waals surface area contributed by atoms with Gasteiger partial charge < -0.3 is 0 Å². The lowest BCUT2D eigenvalue weighted by Gasteiger charge is -2.03. The SMILES string of the molecule is C=C(F)/C=C(F)\C=C(/C)C(=O)C(F)(F)F. The average molecular weight is 226 g/mol. The van der Waals surface area contributed by atoms with Gasteiger partial charge in [-0.15, -0.1) is 0 Å². The van der Waals surface area contributed by atoms with Crippen LogP contribution in [0.5, 0.6) is 0 Å². The van der Waals surface area contributed by atoms with Crippen LogP contribution in [0.1, 0.15) is 6.92 Å². The molecule has 0 spiro atoms. The van der Waals surface area contributed by atoms with Crippen molar-refractivity contribution in [1.29, 1.82) is 0 Å². The van der Waals surface area contributed by atoms with E-state index in [2.05, 4.69) is 6.58 Å². The molecule has 0 aromatic heterocycles. The topological polar surface area (TPSA) is 17.1 Å². The Hall–Kier alpha value is -1.46. The summed E-state index contributed by atoms with van der Waals surface area (Å²) < 4.78 is 60.0. The van der Waals surface area contributed by atoms with Crippen LogP contribution in [0, 0.1) is 0 Å². The molecular weight excluding hydrogens is 219 g/mol. The highest BCUT2D eigenvalue weighted by Gasteiger charge is 2.39. The van der Waals surface area contributed by atoms with E-state index in [0.29, 0.717) is 6.08 Å². The Morgan fingerprint density at radius 1 is 1.20 bits per heavy atom. The summed E-state index contributed by atoms with van der Waals surface area (Å²) in [4.78, 5) is 10.5. The maximum atomic E-state index is 12.6. The first kappa shape index (κ1) is 13.5. The van der Waals surface area contributed by atoms with Gasteiger partial charge in [0.25, 0.3) is 5.78 Å². The van der Waals surface area contributed by atoms with E-state index in [4.69, 9.17) is 0 Å². The Morgan fingerprint density at radius 2 is 1.67 bits per heavy atom. The van der Waals surface area contributed by atoms with Crippen LogP contribution in [0.2, 0.25) is 0 Å². The summed E-state index contributed by atoms with van der Waals surface area (Å²) in [5.74, 6) is -4.64. The Bertz CT molecular complexity index is 335. The van der Waals surface area contributed by atoms with Gasteiger partial charge in [-0.25, -0.2) is 8.78 Å². The Morgan fingerprint density at radius 3 is 2.00 bits per heavy atom. The Balaban J connectivity index is 4.87. The zero-order chi connectivity index (χ0) is 12.2. The van der Waals surface area contributed by atoms with Crippen molar-refractivity contribution < 1.29 is 26.7 Å². The fourth-order valence-corrected chi connectivity index (χ4v) is 0.687. The van der Waals surface area contributed by atoms with Crippen LogP contribution in [0.4, 0.5) is 22.0 Å². The highest BCUT2D eigenvalue weighted by Crippen LogP contribution is 2.21. The van der Waals surface area contributed by atoms with Crippen molar-refractivity contribution in [3.05, 3.63) is 36.0 Å². The monoisotopic (exact) mass is 226 g/mol. The van der Waals surface area contributed by atoms with Gasteiger partial charge in [0, 0.05) is 11.6 Å². The minimum Gasteiger partial charge on any atom is -0.284 e. The van der Waals surface area contributed by atoms with Gasteiger partial charge in [0.15, 0.2) is 0 Å². The minimum atomic E-state index is -5.06. The molecule has 0 aliphatic heterocycles. The molecule has 0 aliphatic rings. The van der Waals surface area contributed by atoms with Crippen molar-refractivity contribution in [3.63, 3.8) is 0 Å². The van der Waals surface area contributed by atoms with Crippen LogP contribution in [0.15, 0.2) is 36.0 Å². The third-order valence-corrected chi connectivity index (χ3v) is 1.26. The number of ketones is 1. The first-order valence-corrected chi connectivity index (χ1v) is 3.66. The van der Waals surface area contributed by atoms with E-state index in [1.807, 2.05) is 0 Å². The van der Waals surface area contributed by atoms with Crippen molar-refractivity contribution in [2.24, 2.45) is 0 Å². The number of Topliss-reactive ketones (excluding diaryl/α,β-unsaturated/α-hetero) is 1. The molecule has 0 aromatic carbocycles. The summed E-state index contributed by atoms with van der Waals surface area (Å²) in [6, 6.07) is 0. The largest absolute Gasteiger partial charge is 0.454 e. The molecule has 84 valence electrons. The molecule has 0 aromatic rings. The van der Waals surface area contributed by atoms with Crippen LogP contribution in [-0.2, 0) is 4.79 Å². The molecule has 15 heavy (non-hydrogen) atoms. The summed E-state index contributed by atoms with van der Waals surface area (Å²) in [5, 5.41) is 0. The molecule has 0 N–H and O–H groups in total. The second-order valence-corrected chi connectivity index (χ2v) is 2.63. The molecule has 0 atom stereocenters. The molecule has 0 bridgehead atoms. The van der Waals surface area contributed by atoms with Crippen molar-refractivity contribution in [2.45, 2.75) is 13.1 Å². The van der Waals surface area contributed by atoms with E-state index < -0.39 is 29.2 Å². The number of hydrogen-bond donors (Lipinski definition) is 0. The van der Waals surface area contributed by atoms with Gasteiger partial charge in [-0.3, -0.25) is 4.79 Å². The second kappa shape index (κ2) is 4.86. The van der Waals surface area contributed by atoms with Gasteiger partial charge >= 0.3 is 6.18 Å². The Labute approximate surface area is 82.6 Å². The van der Waals surface area contributed by atoms with Crippen molar-refractivity contribution >= 4 is 5.78 Å². The summed E-state index contributed by atoms with van der Waals surface area (Å²) in [5.41, 5.74) is -0.863. The van der Waals surface area contributed by atoms with E-state index in [1.54, 1.807) is 0 Å². The molecule has 0 aliphatic carbocycles.